The number of hydrogen-bond donors (Lipinski definition) is 1. The van der Waals surface area contributed by atoms with Crippen molar-refractivity contribution in [3.05, 3.63) is 0 Å². The van der Waals surface area contributed by atoms with E-state index < -0.39 is 0 Å². The normalized spacial score (nSPS) is 43.1. The van der Waals surface area contributed by atoms with E-state index in [1.165, 1.54) is 25.9 Å². The van der Waals surface area contributed by atoms with Crippen molar-refractivity contribution in [2.24, 2.45) is 11.8 Å². The van der Waals surface area contributed by atoms with Gasteiger partial charge in [-0.25, -0.2) is 0 Å². The summed E-state index contributed by atoms with van der Waals surface area (Å²) < 4.78 is 0. The van der Waals surface area contributed by atoms with E-state index in [1.807, 2.05) is 0 Å². The Balaban J connectivity index is 1.71. The van der Waals surface area contributed by atoms with Crippen LogP contribution in [0.2, 0.25) is 0 Å². The fraction of sp³-hybridized carbons (Fsp3) is 0.917. The van der Waals surface area contributed by atoms with Crippen LogP contribution in [0.4, 0.5) is 0 Å². The molecule has 2 bridgehead atoms. The number of aliphatic hydroxyl groups excluding tert-OH is 1. The van der Waals surface area contributed by atoms with Crippen molar-refractivity contribution in [2.75, 3.05) is 32.8 Å². The van der Waals surface area contributed by atoms with Crippen LogP contribution in [0.5, 0.6) is 0 Å². The fourth-order valence-electron chi connectivity index (χ4n) is 3.54. The number of nitrogens with zero attached hydrogens (tertiary/aromatic N) is 2. The summed E-state index contributed by atoms with van der Waals surface area (Å²) in [7, 11) is 0. The molecule has 2 atom stereocenters. The summed E-state index contributed by atoms with van der Waals surface area (Å²) >= 11 is 0. The molecule has 2 unspecified atom stereocenters. The number of carbonyl (C=O) groups excluding carboxylic acids is 1. The number of carbonyl (C=O) groups is 1. The number of likely N-dealkylation sites (tertiary alicyclic amines) is 1. The summed E-state index contributed by atoms with van der Waals surface area (Å²) in [5.41, 5.74) is 0. The molecule has 0 aliphatic carbocycles. The first-order valence-corrected chi connectivity index (χ1v) is 6.40. The molecule has 4 heteroatoms. The molecular weight excluding hydrogens is 204 g/mol. The van der Waals surface area contributed by atoms with Crippen molar-refractivity contribution in [2.45, 2.75) is 25.3 Å². The predicted octanol–water partition coefficient (Wildman–Crippen LogP) is -0.0786. The second-order valence-electron chi connectivity index (χ2n) is 5.50. The van der Waals surface area contributed by atoms with Crippen LogP contribution in [-0.2, 0) is 4.79 Å². The molecule has 0 spiro atoms. The lowest BCUT2D eigenvalue weighted by atomic mass is 9.83. The van der Waals surface area contributed by atoms with E-state index in [1.54, 1.807) is 0 Å². The minimum Gasteiger partial charge on any atom is -0.396 e. The van der Waals surface area contributed by atoms with Crippen LogP contribution in [-0.4, -0.2) is 59.6 Å². The van der Waals surface area contributed by atoms with Gasteiger partial charge in [0.05, 0.1) is 0 Å². The summed E-state index contributed by atoms with van der Waals surface area (Å²) in [4.78, 5) is 16.4. The SMILES string of the molecule is O=C1CC(CO)CN1C1CN2CCC1CC2. The third-order valence-electron chi connectivity index (χ3n) is 4.52. The lowest BCUT2D eigenvalue weighted by molar-refractivity contribution is -0.133. The largest absolute Gasteiger partial charge is 0.396 e. The quantitative estimate of drug-likeness (QED) is 0.713. The molecule has 4 nitrogen and oxygen atoms in total. The highest BCUT2D eigenvalue weighted by atomic mass is 16.3. The van der Waals surface area contributed by atoms with E-state index in [0.717, 1.165) is 13.1 Å². The van der Waals surface area contributed by atoms with Crippen LogP contribution >= 0.6 is 0 Å². The Bertz CT molecular complexity index is 287. The van der Waals surface area contributed by atoms with Gasteiger partial charge in [-0.05, 0) is 31.8 Å². The van der Waals surface area contributed by atoms with Gasteiger partial charge in [-0.1, -0.05) is 0 Å². The third kappa shape index (κ3) is 1.64. The number of aliphatic hydroxyl groups is 1. The molecule has 1 amide bonds. The molecule has 16 heavy (non-hydrogen) atoms. The fourth-order valence-corrected chi connectivity index (χ4v) is 3.54. The van der Waals surface area contributed by atoms with E-state index in [0.29, 0.717) is 18.4 Å². The van der Waals surface area contributed by atoms with Crippen LogP contribution < -0.4 is 0 Å². The van der Waals surface area contributed by atoms with E-state index in [-0.39, 0.29) is 18.4 Å². The third-order valence-corrected chi connectivity index (χ3v) is 4.52. The minimum absolute atomic E-state index is 0.156. The number of fused-ring (bicyclic) bond motifs is 3. The Morgan fingerprint density at radius 2 is 2.00 bits per heavy atom. The molecule has 0 radical (unpaired) electrons. The maximum absolute atomic E-state index is 11.9. The van der Waals surface area contributed by atoms with Gasteiger partial charge in [0.2, 0.25) is 5.91 Å². The standard InChI is InChI=1S/C12H20N2O2/c15-8-9-5-12(16)14(6-9)11-7-13-3-1-10(11)2-4-13/h9-11,15H,1-8H2. The zero-order valence-corrected chi connectivity index (χ0v) is 9.64. The molecule has 4 fully saturated rings. The molecular formula is C12H20N2O2. The van der Waals surface area contributed by atoms with Crippen molar-refractivity contribution in [1.82, 2.24) is 9.80 Å². The molecule has 4 heterocycles. The zero-order chi connectivity index (χ0) is 11.1. The Morgan fingerprint density at radius 1 is 1.25 bits per heavy atom. The van der Waals surface area contributed by atoms with Gasteiger partial charge in [-0.15, -0.1) is 0 Å². The average molecular weight is 224 g/mol. The topological polar surface area (TPSA) is 43.8 Å². The molecule has 90 valence electrons. The highest BCUT2D eigenvalue weighted by Gasteiger charge is 2.42. The van der Waals surface area contributed by atoms with Crippen LogP contribution in [0.3, 0.4) is 0 Å². The van der Waals surface area contributed by atoms with Crippen molar-refractivity contribution in [3.8, 4) is 0 Å². The van der Waals surface area contributed by atoms with Crippen LogP contribution in [0, 0.1) is 11.8 Å². The highest BCUT2D eigenvalue weighted by Crippen LogP contribution is 2.33. The molecule has 0 aromatic heterocycles. The summed E-state index contributed by atoms with van der Waals surface area (Å²) in [5, 5.41) is 9.14. The zero-order valence-electron chi connectivity index (χ0n) is 9.64. The van der Waals surface area contributed by atoms with Crippen molar-refractivity contribution in [3.63, 3.8) is 0 Å². The van der Waals surface area contributed by atoms with Crippen molar-refractivity contribution < 1.29 is 9.90 Å². The maximum atomic E-state index is 11.9. The maximum Gasteiger partial charge on any atom is 0.223 e. The van der Waals surface area contributed by atoms with Gasteiger partial charge in [0.1, 0.15) is 0 Å². The first kappa shape index (κ1) is 10.5. The molecule has 4 aliphatic rings. The molecule has 0 saturated carbocycles. The van der Waals surface area contributed by atoms with Gasteiger partial charge >= 0.3 is 0 Å². The van der Waals surface area contributed by atoms with E-state index in [9.17, 15) is 4.79 Å². The van der Waals surface area contributed by atoms with Crippen LogP contribution in [0.25, 0.3) is 0 Å². The van der Waals surface area contributed by atoms with Gasteiger partial charge in [-0.2, -0.15) is 0 Å². The number of hydrogen-bond acceptors (Lipinski definition) is 3. The van der Waals surface area contributed by atoms with Gasteiger partial charge in [-0.3, -0.25) is 4.79 Å². The Morgan fingerprint density at radius 3 is 2.50 bits per heavy atom. The molecule has 4 rings (SSSR count). The van der Waals surface area contributed by atoms with Gasteiger partial charge in [0.15, 0.2) is 0 Å². The summed E-state index contributed by atoms with van der Waals surface area (Å²) in [6.07, 6.45) is 3.05. The second kappa shape index (κ2) is 4.00. The Kier molecular flexibility index (Phi) is 2.64. The number of rotatable bonds is 2. The van der Waals surface area contributed by atoms with Gasteiger partial charge in [0, 0.05) is 38.1 Å². The summed E-state index contributed by atoms with van der Waals surface area (Å²) in [6, 6.07) is 0.437. The highest BCUT2D eigenvalue weighted by molar-refractivity contribution is 5.79. The second-order valence-corrected chi connectivity index (χ2v) is 5.50. The molecule has 4 aliphatic heterocycles. The predicted molar refractivity (Wildman–Crippen MR) is 59.9 cm³/mol. The monoisotopic (exact) mass is 224 g/mol. The minimum atomic E-state index is 0.156. The van der Waals surface area contributed by atoms with E-state index >= 15 is 0 Å². The van der Waals surface area contributed by atoms with Crippen LogP contribution in [0.15, 0.2) is 0 Å². The first-order valence-electron chi connectivity index (χ1n) is 6.40. The summed E-state index contributed by atoms with van der Waals surface area (Å²) in [6.45, 7) is 4.43. The van der Waals surface area contributed by atoms with Gasteiger partial charge < -0.3 is 14.9 Å². The number of piperidine rings is 3. The lowest BCUT2D eigenvalue weighted by Crippen LogP contribution is -2.57. The van der Waals surface area contributed by atoms with Crippen molar-refractivity contribution in [1.29, 1.82) is 0 Å². The smallest absolute Gasteiger partial charge is 0.223 e. The average Bonchev–Trinajstić information content (AvgIpc) is 2.72. The first-order chi connectivity index (χ1) is 7.78. The Labute approximate surface area is 96.2 Å². The van der Waals surface area contributed by atoms with Crippen molar-refractivity contribution >= 4 is 5.91 Å². The van der Waals surface area contributed by atoms with Crippen LogP contribution in [0.1, 0.15) is 19.3 Å². The molecule has 1 N–H and O–H groups in total. The lowest BCUT2D eigenvalue weighted by Gasteiger charge is -2.48. The van der Waals surface area contributed by atoms with Gasteiger partial charge in [0.25, 0.3) is 0 Å². The number of amides is 1. The molecule has 0 aromatic carbocycles. The molecule has 0 aromatic rings. The van der Waals surface area contributed by atoms with E-state index in [4.69, 9.17) is 5.11 Å². The van der Waals surface area contributed by atoms with E-state index in [2.05, 4.69) is 9.80 Å². The Hall–Kier alpha value is -0.610. The molecule has 4 saturated heterocycles. The summed E-state index contributed by atoms with van der Waals surface area (Å²) in [5.74, 6) is 1.16.